The van der Waals surface area contributed by atoms with Gasteiger partial charge in [0.25, 0.3) is 5.91 Å². The molecule has 11 heteroatoms. The Bertz CT molecular complexity index is 561. The Hall–Kier alpha value is -2.33. The molecular weight excluding hydrogens is 321 g/mol. The lowest BCUT2D eigenvalue weighted by atomic mass is 9.96. The van der Waals surface area contributed by atoms with Crippen LogP contribution in [0.4, 0.5) is 22.8 Å². The largest absolute Gasteiger partial charge is 0.405 e. The van der Waals surface area contributed by atoms with Gasteiger partial charge in [-0.3, -0.25) is 19.8 Å². The van der Waals surface area contributed by atoms with Crippen molar-refractivity contribution in [1.82, 2.24) is 20.9 Å². The van der Waals surface area contributed by atoms with Crippen LogP contribution in [0.5, 0.6) is 0 Å². The molecule has 1 atom stereocenters. The molecule has 0 radical (unpaired) electrons. The second-order valence-corrected chi connectivity index (χ2v) is 5.64. The zero-order valence-electron chi connectivity index (χ0n) is 12.1. The van der Waals surface area contributed by atoms with Crippen molar-refractivity contribution in [2.45, 2.75) is 31.5 Å². The number of rotatable bonds is 4. The van der Waals surface area contributed by atoms with Crippen molar-refractivity contribution in [2.75, 3.05) is 13.1 Å². The van der Waals surface area contributed by atoms with Crippen molar-refractivity contribution >= 4 is 23.9 Å². The summed E-state index contributed by atoms with van der Waals surface area (Å²) in [5, 5.41) is 5.58. The Morgan fingerprint density at radius 2 is 1.96 bits per heavy atom. The molecule has 3 N–H and O–H groups in total. The maximum Gasteiger partial charge on any atom is 0.405 e. The molecule has 0 unspecified atom stereocenters. The highest BCUT2D eigenvalue weighted by atomic mass is 19.4. The molecule has 1 saturated carbocycles. The first-order chi connectivity index (χ1) is 10.5. The van der Waals surface area contributed by atoms with E-state index in [0.29, 0.717) is 4.90 Å². The minimum Gasteiger partial charge on any atom is -0.329 e. The van der Waals surface area contributed by atoms with Crippen LogP contribution in [-0.4, -0.2) is 53.6 Å². The van der Waals surface area contributed by atoms with E-state index in [-0.39, 0.29) is 5.92 Å². The third-order valence-electron chi connectivity index (χ3n) is 3.70. The quantitative estimate of drug-likeness (QED) is 0.633. The number of nitrogens with one attached hydrogen (secondary N) is 3. The number of hydrogen-bond acceptors (Lipinski definition) is 4. The molecule has 8 nitrogen and oxygen atoms in total. The van der Waals surface area contributed by atoms with E-state index in [1.165, 1.54) is 5.32 Å². The predicted octanol–water partition coefficient (Wildman–Crippen LogP) is 0.0950. The molecule has 0 spiro atoms. The van der Waals surface area contributed by atoms with Gasteiger partial charge in [0.2, 0.25) is 5.91 Å². The summed E-state index contributed by atoms with van der Waals surface area (Å²) in [6, 6.07) is -2.13. The van der Waals surface area contributed by atoms with E-state index in [1.807, 2.05) is 0 Å². The first kappa shape index (κ1) is 17.0. The Kier molecular flexibility index (Phi) is 4.22. The van der Waals surface area contributed by atoms with Gasteiger partial charge >= 0.3 is 18.2 Å². The summed E-state index contributed by atoms with van der Waals surface area (Å²) < 4.78 is 35.8. The Morgan fingerprint density at radius 3 is 2.48 bits per heavy atom. The number of carbonyl (C=O) groups is 4. The predicted molar refractivity (Wildman–Crippen MR) is 69.0 cm³/mol. The Balaban J connectivity index is 1.86. The number of halogens is 3. The van der Waals surface area contributed by atoms with E-state index < -0.39 is 48.7 Å². The van der Waals surface area contributed by atoms with E-state index in [2.05, 4.69) is 5.32 Å². The number of carbonyl (C=O) groups excluding carboxylic acids is 4. The molecule has 128 valence electrons. The fourth-order valence-electron chi connectivity index (χ4n) is 2.33. The van der Waals surface area contributed by atoms with Crippen LogP contribution >= 0.6 is 0 Å². The van der Waals surface area contributed by atoms with Crippen LogP contribution in [0.1, 0.15) is 19.8 Å². The molecule has 2 aliphatic rings. The molecule has 6 amide bonds. The lowest BCUT2D eigenvalue weighted by Gasteiger charge is -2.20. The number of amides is 6. The van der Waals surface area contributed by atoms with Gasteiger partial charge in [0.05, 0.1) is 0 Å². The van der Waals surface area contributed by atoms with Crippen LogP contribution in [0.25, 0.3) is 0 Å². The normalized spacial score (nSPS) is 24.4. The van der Waals surface area contributed by atoms with Gasteiger partial charge in [-0.2, -0.15) is 13.2 Å². The standard InChI is InChI=1S/C12H15F3N4O4/c1-11(6-2-3-6)8(21)19(10(23)18-11)4-7(20)17-9(22)16-5-12(13,14)15/h6H,2-5H2,1H3,(H,18,23)(H2,16,17,20,22)/t11-/m1/s1. The summed E-state index contributed by atoms with van der Waals surface area (Å²) in [6.07, 6.45) is -3.05. The zero-order chi connectivity index (χ0) is 17.4. The third kappa shape index (κ3) is 3.90. The number of nitrogens with zero attached hydrogens (tertiary/aromatic N) is 1. The van der Waals surface area contributed by atoms with E-state index in [4.69, 9.17) is 0 Å². The summed E-state index contributed by atoms with van der Waals surface area (Å²) >= 11 is 0. The van der Waals surface area contributed by atoms with Crippen molar-refractivity contribution < 1.29 is 32.3 Å². The van der Waals surface area contributed by atoms with Gasteiger partial charge in [0.1, 0.15) is 18.6 Å². The van der Waals surface area contributed by atoms with E-state index in [0.717, 1.165) is 12.8 Å². The maximum absolute atomic E-state index is 12.2. The highest BCUT2D eigenvalue weighted by Crippen LogP contribution is 2.42. The number of imide groups is 2. The second kappa shape index (κ2) is 5.70. The van der Waals surface area contributed by atoms with Gasteiger partial charge in [0.15, 0.2) is 0 Å². The van der Waals surface area contributed by atoms with Crippen LogP contribution < -0.4 is 16.0 Å². The molecule has 0 aromatic carbocycles. The van der Waals surface area contributed by atoms with Crippen molar-refractivity contribution in [1.29, 1.82) is 0 Å². The molecule has 0 aromatic heterocycles. The van der Waals surface area contributed by atoms with E-state index >= 15 is 0 Å². The molecule has 1 aliphatic heterocycles. The lowest BCUT2D eigenvalue weighted by molar-refractivity contribution is -0.134. The Morgan fingerprint density at radius 1 is 1.35 bits per heavy atom. The molecule has 0 bridgehead atoms. The van der Waals surface area contributed by atoms with Gasteiger partial charge in [-0.15, -0.1) is 0 Å². The van der Waals surface area contributed by atoms with Crippen molar-refractivity contribution in [3.05, 3.63) is 0 Å². The first-order valence-corrected chi connectivity index (χ1v) is 6.81. The SMILES string of the molecule is C[C@]1(C2CC2)NC(=O)N(CC(=O)NC(=O)NCC(F)(F)F)C1=O. The van der Waals surface area contributed by atoms with Crippen LogP contribution in [0.15, 0.2) is 0 Å². The minimum absolute atomic E-state index is 0.00194. The highest BCUT2D eigenvalue weighted by molar-refractivity contribution is 6.10. The van der Waals surface area contributed by atoms with E-state index in [1.54, 1.807) is 12.2 Å². The van der Waals surface area contributed by atoms with Crippen LogP contribution in [0, 0.1) is 5.92 Å². The average Bonchev–Trinajstić information content (AvgIpc) is 3.22. The van der Waals surface area contributed by atoms with Crippen LogP contribution in [0.2, 0.25) is 0 Å². The number of hydrogen-bond donors (Lipinski definition) is 3. The highest BCUT2D eigenvalue weighted by Gasteiger charge is 2.56. The fourth-order valence-corrected chi connectivity index (χ4v) is 2.33. The summed E-state index contributed by atoms with van der Waals surface area (Å²) in [5.41, 5.74) is -1.07. The molecule has 1 aliphatic carbocycles. The maximum atomic E-state index is 12.2. The van der Waals surface area contributed by atoms with Crippen molar-refractivity contribution in [3.8, 4) is 0 Å². The van der Waals surface area contributed by atoms with Crippen molar-refractivity contribution in [2.24, 2.45) is 5.92 Å². The summed E-state index contributed by atoms with van der Waals surface area (Å²) in [7, 11) is 0. The number of urea groups is 2. The van der Waals surface area contributed by atoms with Crippen LogP contribution in [0.3, 0.4) is 0 Å². The first-order valence-electron chi connectivity index (χ1n) is 6.81. The summed E-state index contributed by atoms with van der Waals surface area (Å²) in [6.45, 7) is -0.791. The van der Waals surface area contributed by atoms with Crippen molar-refractivity contribution in [3.63, 3.8) is 0 Å². The van der Waals surface area contributed by atoms with Gasteiger partial charge in [-0.1, -0.05) is 0 Å². The van der Waals surface area contributed by atoms with Gasteiger partial charge in [-0.25, -0.2) is 9.59 Å². The molecular formula is C12H15F3N4O4. The molecule has 23 heavy (non-hydrogen) atoms. The molecule has 1 heterocycles. The monoisotopic (exact) mass is 336 g/mol. The molecule has 2 fully saturated rings. The van der Waals surface area contributed by atoms with Crippen LogP contribution in [-0.2, 0) is 9.59 Å². The Labute approximate surface area is 128 Å². The topological polar surface area (TPSA) is 108 Å². The summed E-state index contributed by atoms with van der Waals surface area (Å²) in [4.78, 5) is 47.4. The third-order valence-corrected chi connectivity index (χ3v) is 3.70. The average molecular weight is 336 g/mol. The minimum atomic E-state index is -4.61. The zero-order valence-corrected chi connectivity index (χ0v) is 12.1. The van der Waals surface area contributed by atoms with Gasteiger partial charge < -0.3 is 10.6 Å². The lowest BCUT2D eigenvalue weighted by Crippen LogP contribution is -2.49. The summed E-state index contributed by atoms with van der Waals surface area (Å²) in [5.74, 6) is -1.65. The molecule has 0 aromatic rings. The number of alkyl halides is 3. The van der Waals surface area contributed by atoms with E-state index in [9.17, 15) is 32.3 Å². The smallest absolute Gasteiger partial charge is 0.329 e. The molecule has 2 rings (SSSR count). The van der Waals surface area contributed by atoms with Gasteiger partial charge in [-0.05, 0) is 25.7 Å². The fraction of sp³-hybridized carbons (Fsp3) is 0.667. The second-order valence-electron chi connectivity index (χ2n) is 5.64. The van der Waals surface area contributed by atoms with Gasteiger partial charge in [0, 0.05) is 0 Å². The molecule has 1 saturated heterocycles.